The van der Waals surface area contributed by atoms with E-state index in [9.17, 15) is 18.0 Å². The molecule has 1 aromatic carbocycles. The van der Waals surface area contributed by atoms with Gasteiger partial charge in [0.05, 0.1) is 28.6 Å². The van der Waals surface area contributed by atoms with Crippen LogP contribution in [0.1, 0.15) is 52.5 Å². The van der Waals surface area contributed by atoms with Gasteiger partial charge >= 0.3 is 16.4 Å². The van der Waals surface area contributed by atoms with Gasteiger partial charge in [0, 0.05) is 57.2 Å². The van der Waals surface area contributed by atoms with E-state index in [1.54, 1.807) is 25.1 Å². The number of benzene rings is 1. The molecule has 14 nitrogen and oxygen atoms in total. The summed E-state index contributed by atoms with van der Waals surface area (Å²) >= 11 is 0. The number of esters is 1. The summed E-state index contributed by atoms with van der Waals surface area (Å²) in [5.74, 6) is 0.176. The number of rotatable bonds is 10. The van der Waals surface area contributed by atoms with Crippen molar-refractivity contribution in [3.05, 3.63) is 35.0 Å². The van der Waals surface area contributed by atoms with Crippen molar-refractivity contribution in [1.82, 2.24) is 9.21 Å². The minimum Gasteiger partial charge on any atom is -0.493 e. The predicted octanol–water partition coefficient (Wildman–Crippen LogP) is 1.96. The highest BCUT2D eigenvalue weighted by Gasteiger charge is 2.35. The highest BCUT2D eigenvalue weighted by atomic mass is 32.3. The molecule has 0 aliphatic carbocycles. The molecule has 0 radical (unpaired) electrons. The topological polar surface area (TPSA) is 193 Å². The van der Waals surface area contributed by atoms with Crippen molar-refractivity contribution in [1.29, 1.82) is 0 Å². The molecular weight excluding hydrogens is 604 g/mol. The van der Waals surface area contributed by atoms with Crippen LogP contribution in [0.3, 0.4) is 0 Å². The number of allylic oxidation sites excluding steroid dienone is 1. The Morgan fingerprint density at radius 2 is 1.74 bits per heavy atom. The van der Waals surface area contributed by atoms with Crippen molar-refractivity contribution in [3.63, 3.8) is 0 Å². The third-order valence-electron chi connectivity index (χ3n) is 6.91. The molecule has 16 heteroatoms. The van der Waals surface area contributed by atoms with Gasteiger partial charge in [-0.15, -0.1) is 0 Å². The molecule has 1 unspecified atom stereocenters. The number of carbonyl (C=O) groups excluding carboxylic acids is 2. The molecule has 43 heavy (non-hydrogen) atoms. The van der Waals surface area contributed by atoms with Gasteiger partial charge in [-0.3, -0.25) is 28.6 Å². The Kier molecular flexibility index (Phi) is 11.7. The van der Waals surface area contributed by atoms with Gasteiger partial charge in [-0.25, -0.2) is 13.4 Å². The summed E-state index contributed by atoms with van der Waals surface area (Å²) in [6.45, 7) is 10.1. The van der Waals surface area contributed by atoms with Crippen molar-refractivity contribution in [2.45, 2.75) is 57.9 Å². The lowest BCUT2D eigenvalue weighted by atomic mass is 9.93. The number of hydrogen-bond acceptors (Lipinski definition) is 11. The Hall–Kier alpha value is -3.02. The Labute approximate surface area is 252 Å². The zero-order chi connectivity index (χ0) is 31.9. The number of ketones is 1. The van der Waals surface area contributed by atoms with Gasteiger partial charge in [-0.05, 0) is 38.5 Å². The maximum absolute atomic E-state index is 13.6. The molecule has 0 saturated carbocycles. The predicted molar refractivity (Wildman–Crippen MR) is 159 cm³/mol. The van der Waals surface area contributed by atoms with E-state index in [1.807, 2.05) is 6.92 Å². The van der Waals surface area contributed by atoms with Crippen molar-refractivity contribution in [2.24, 2.45) is 9.98 Å². The summed E-state index contributed by atoms with van der Waals surface area (Å²) in [5, 5.41) is 0. The number of ether oxygens (including phenoxy) is 2. The van der Waals surface area contributed by atoms with Crippen molar-refractivity contribution < 1.29 is 45.0 Å². The smallest absolute Gasteiger partial charge is 0.394 e. The van der Waals surface area contributed by atoms with Crippen LogP contribution in [0, 0.1) is 0 Å². The van der Waals surface area contributed by atoms with Crippen molar-refractivity contribution in [3.8, 4) is 5.75 Å². The number of dihydropyridines is 1. The van der Waals surface area contributed by atoms with Crippen LogP contribution in [-0.2, 0) is 34.7 Å². The Bertz CT molecular complexity index is 1520. The monoisotopic (exact) mass is 642 g/mol. The van der Waals surface area contributed by atoms with Gasteiger partial charge in [0.25, 0.3) is 0 Å². The lowest BCUT2D eigenvalue weighted by molar-refractivity contribution is -0.141. The minimum absolute atomic E-state index is 0.0353. The highest BCUT2D eigenvalue weighted by molar-refractivity contribution is 7.89. The average Bonchev–Trinajstić information content (AvgIpc) is 3.37. The molecule has 0 spiro atoms. The molecule has 3 aliphatic heterocycles. The molecular formula is C27H38N4O10S2. The van der Waals surface area contributed by atoms with Crippen LogP contribution in [0.2, 0.25) is 0 Å². The van der Waals surface area contributed by atoms with Gasteiger partial charge in [-0.1, -0.05) is 13.3 Å². The van der Waals surface area contributed by atoms with Gasteiger partial charge in [0.15, 0.2) is 5.78 Å². The number of piperazine rings is 1. The molecule has 1 atom stereocenters. The molecule has 3 heterocycles. The summed E-state index contributed by atoms with van der Waals surface area (Å²) < 4.78 is 71.1. The number of aliphatic imine (C=N–C) groups is 2. The third kappa shape index (κ3) is 9.23. The third-order valence-corrected chi connectivity index (χ3v) is 8.80. The van der Waals surface area contributed by atoms with Crippen LogP contribution in [0.4, 0.5) is 0 Å². The van der Waals surface area contributed by atoms with E-state index in [1.165, 1.54) is 11.2 Å². The Morgan fingerprint density at radius 1 is 1.09 bits per heavy atom. The van der Waals surface area contributed by atoms with Crippen LogP contribution < -0.4 is 4.74 Å². The quantitative estimate of drug-likeness (QED) is 0.280. The van der Waals surface area contributed by atoms with E-state index in [0.717, 1.165) is 18.6 Å². The fourth-order valence-electron chi connectivity index (χ4n) is 4.95. The number of hydrogen-bond donors (Lipinski definition) is 2. The maximum atomic E-state index is 13.6. The summed E-state index contributed by atoms with van der Waals surface area (Å²) in [6, 6.07) is 4.43. The Balaban J connectivity index is 0.000000934. The number of Topliss-reactive ketones (excluding diaryl/α,β-unsaturated/α-hetero) is 1. The van der Waals surface area contributed by atoms with Gasteiger partial charge in [0.1, 0.15) is 18.4 Å². The minimum atomic E-state index is -4.67. The number of sulfonamides is 1. The molecule has 0 aromatic heterocycles. The lowest BCUT2D eigenvalue weighted by Gasteiger charge is -2.33. The second-order valence-electron chi connectivity index (χ2n) is 10.1. The summed E-state index contributed by atoms with van der Waals surface area (Å²) in [4.78, 5) is 35.5. The van der Waals surface area contributed by atoms with E-state index in [0.29, 0.717) is 74.0 Å². The van der Waals surface area contributed by atoms with Crippen molar-refractivity contribution in [2.75, 3.05) is 45.9 Å². The lowest BCUT2D eigenvalue weighted by Crippen LogP contribution is -2.49. The van der Waals surface area contributed by atoms with Crippen LogP contribution in [0.15, 0.2) is 44.3 Å². The number of carbonyl (C=O) groups is 2. The van der Waals surface area contributed by atoms with Crippen molar-refractivity contribution >= 4 is 43.6 Å². The highest BCUT2D eigenvalue weighted by Crippen LogP contribution is 2.35. The molecule has 2 N–H and O–H groups in total. The molecule has 1 aromatic rings. The zero-order valence-corrected chi connectivity index (χ0v) is 26.3. The molecule has 1 fully saturated rings. The summed E-state index contributed by atoms with van der Waals surface area (Å²) in [6.07, 6.45) is 1.94. The maximum Gasteiger partial charge on any atom is 0.394 e. The first kappa shape index (κ1) is 34.5. The van der Waals surface area contributed by atoms with E-state index >= 15 is 0 Å². The zero-order valence-electron chi connectivity index (χ0n) is 24.6. The average molecular weight is 643 g/mol. The summed E-state index contributed by atoms with van der Waals surface area (Å²) in [5.41, 5.74) is 3.31. The van der Waals surface area contributed by atoms with E-state index in [2.05, 4.69) is 16.8 Å². The fourth-order valence-corrected chi connectivity index (χ4v) is 6.40. The normalized spacial score (nSPS) is 19.7. The Morgan fingerprint density at radius 3 is 2.33 bits per heavy atom. The fraction of sp³-hybridized carbons (Fsp3) is 0.556. The molecule has 0 bridgehead atoms. The van der Waals surface area contributed by atoms with Crippen LogP contribution in [0.5, 0.6) is 5.75 Å². The van der Waals surface area contributed by atoms with Gasteiger partial charge < -0.3 is 9.47 Å². The van der Waals surface area contributed by atoms with E-state index < -0.39 is 26.5 Å². The number of nitrogens with zero attached hydrogens (tertiary/aromatic N) is 4. The molecule has 238 valence electrons. The molecule has 1 saturated heterocycles. The first-order valence-corrected chi connectivity index (χ1v) is 16.7. The second kappa shape index (κ2) is 14.6. The summed E-state index contributed by atoms with van der Waals surface area (Å²) in [7, 11) is -8.43. The van der Waals surface area contributed by atoms with Crippen LogP contribution in [-0.4, -0.2) is 110 Å². The van der Waals surface area contributed by atoms with E-state index in [-0.39, 0.29) is 23.3 Å². The standard InChI is InChI=1S/C27H36N4O6S.H2O4S/c1-5-7-23-26-22(27(33)18(3)28-23)17-24(29-26)21-16-20(8-9-25(21)36-6-2)38(34,35)31-12-10-30(11-13-31)14-15-37-19(4)32;1-5(2,3)4/h8-9,16,18H,5-7,10-15,17H2,1-4H3;(H2,1,2,3,4). The van der Waals surface area contributed by atoms with Crippen LogP contribution in [0.25, 0.3) is 0 Å². The largest absolute Gasteiger partial charge is 0.493 e. The van der Waals surface area contributed by atoms with Gasteiger partial charge in [-0.2, -0.15) is 12.7 Å². The van der Waals surface area contributed by atoms with Gasteiger partial charge in [0.2, 0.25) is 10.0 Å². The molecule has 4 rings (SSSR count). The first-order valence-electron chi connectivity index (χ1n) is 13.9. The molecule has 0 amide bonds. The van der Waals surface area contributed by atoms with Crippen LogP contribution >= 0.6 is 0 Å². The second-order valence-corrected chi connectivity index (χ2v) is 12.9. The first-order chi connectivity index (χ1) is 20.1. The SMILES string of the molecule is CCCC1=NC(C)C(=O)C2=C1N=C(c1cc(S(=O)(=O)N3CCN(CCOC(C)=O)CC3)ccc1OCC)C2.O=S(=O)(O)O. The van der Waals surface area contributed by atoms with E-state index in [4.69, 9.17) is 32.0 Å². The molecule has 3 aliphatic rings.